The number of carbonyl (C=O) groups excluding carboxylic acids is 1. The molecule has 128 valence electrons. The van der Waals surface area contributed by atoms with Gasteiger partial charge in [-0.2, -0.15) is 0 Å². The Hall–Kier alpha value is -3.40. The van der Waals surface area contributed by atoms with Crippen molar-refractivity contribution >= 4 is 16.8 Å². The number of fused-ring (bicyclic) bond motifs is 1. The maximum atomic E-state index is 12.2. The number of benzene rings is 2. The van der Waals surface area contributed by atoms with Crippen LogP contribution in [-0.4, -0.2) is 22.6 Å². The van der Waals surface area contributed by atoms with Gasteiger partial charge in [0.05, 0.1) is 24.5 Å². The second-order valence-corrected chi connectivity index (χ2v) is 6.12. The van der Waals surface area contributed by atoms with Crippen molar-refractivity contribution in [2.75, 3.05) is 7.11 Å². The van der Waals surface area contributed by atoms with E-state index in [2.05, 4.69) is 17.1 Å². The molecule has 2 aromatic carbocycles. The zero-order valence-electron chi connectivity index (χ0n) is 14.6. The van der Waals surface area contributed by atoms with E-state index in [9.17, 15) is 4.79 Å². The van der Waals surface area contributed by atoms with Crippen molar-refractivity contribution < 1.29 is 9.53 Å². The van der Waals surface area contributed by atoms with Gasteiger partial charge in [-0.1, -0.05) is 36.4 Å². The lowest BCUT2D eigenvalue weighted by Crippen LogP contribution is -2.06. The summed E-state index contributed by atoms with van der Waals surface area (Å²) in [7, 11) is 1.66. The topological polar surface area (TPSA) is 44.1 Å². The number of pyridine rings is 1. The molecular formula is C22H18N2O2. The van der Waals surface area contributed by atoms with Crippen LogP contribution in [0.4, 0.5) is 0 Å². The van der Waals surface area contributed by atoms with Crippen LogP contribution in [0.25, 0.3) is 33.3 Å². The second-order valence-electron chi connectivity index (χ2n) is 6.12. The molecule has 0 radical (unpaired) electrons. The van der Waals surface area contributed by atoms with E-state index in [0.29, 0.717) is 0 Å². The summed E-state index contributed by atoms with van der Waals surface area (Å²) in [4.78, 5) is 16.3. The zero-order chi connectivity index (χ0) is 18.1. The molecule has 4 heteroatoms. The fourth-order valence-electron chi connectivity index (χ4n) is 3.22. The van der Waals surface area contributed by atoms with Crippen molar-refractivity contribution in [3.8, 4) is 28.1 Å². The van der Waals surface area contributed by atoms with Gasteiger partial charge in [0.15, 0.2) is 0 Å². The van der Waals surface area contributed by atoms with Gasteiger partial charge in [0, 0.05) is 18.5 Å². The van der Waals surface area contributed by atoms with Crippen LogP contribution in [0.15, 0.2) is 73.1 Å². The van der Waals surface area contributed by atoms with E-state index < -0.39 is 0 Å². The third-order valence-electron chi connectivity index (χ3n) is 4.53. The van der Waals surface area contributed by atoms with Crippen LogP contribution in [0, 0.1) is 0 Å². The first kappa shape index (κ1) is 16.1. The Balaban J connectivity index is 1.76. The SMILES string of the molecule is COc1ccc(-c2ccc(-c3cc4ccncc4n3C(C)=O)cc2)cc1. The molecule has 0 N–H and O–H groups in total. The summed E-state index contributed by atoms with van der Waals surface area (Å²) in [6, 6.07) is 20.1. The molecule has 0 aliphatic carbocycles. The van der Waals surface area contributed by atoms with Crippen LogP contribution in [0.5, 0.6) is 5.75 Å². The molecule has 0 atom stereocenters. The molecule has 2 heterocycles. The minimum atomic E-state index is -0.0257. The predicted molar refractivity (Wildman–Crippen MR) is 103 cm³/mol. The maximum absolute atomic E-state index is 12.2. The molecule has 0 saturated heterocycles. The van der Waals surface area contributed by atoms with Crippen molar-refractivity contribution in [3.63, 3.8) is 0 Å². The number of rotatable bonds is 3. The van der Waals surface area contributed by atoms with Crippen LogP contribution in [-0.2, 0) is 0 Å². The van der Waals surface area contributed by atoms with Gasteiger partial charge in [-0.05, 0) is 41.0 Å². The Morgan fingerprint density at radius 3 is 2.15 bits per heavy atom. The van der Waals surface area contributed by atoms with E-state index in [-0.39, 0.29) is 5.91 Å². The molecule has 0 saturated carbocycles. The third-order valence-corrected chi connectivity index (χ3v) is 4.53. The highest BCUT2D eigenvalue weighted by molar-refractivity contribution is 5.97. The van der Waals surface area contributed by atoms with Crippen LogP contribution in [0.3, 0.4) is 0 Å². The Morgan fingerprint density at radius 1 is 0.923 bits per heavy atom. The van der Waals surface area contributed by atoms with E-state index in [1.165, 1.54) is 0 Å². The monoisotopic (exact) mass is 342 g/mol. The predicted octanol–water partition coefficient (Wildman–Crippen LogP) is 5.04. The van der Waals surface area contributed by atoms with E-state index in [1.807, 2.05) is 48.5 Å². The number of hydrogen-bond acceptors (Lipinski definition) is 3. The van der Waals surface area contributed by atoms with Gasteiger partial charge in [-0.25, -0.2) is 0 Å². The van der Waals surface area contributed by atoms with E-state index in [4.69, 9.17) is 4.74 Å². The maximum Gasteiger partial charge on any atom is 0.228 e. The average molecular weight is 342 g/mol. The number of nitrogens with zero attached hydrogens (tertiary/aromatic N) is 2. The molecular weight excluding hydrogens is 324 g/mol. The summed E-state index contributed by atoms with van der Waals surface area (Å²) < 4.78 is 6.92. The summed E-state index contributed by atoms with van der Waals surface area (Å²) >= 11 is 0. The highest BCUT2D eigenvalue weighted by Crippen LogP contribution is 2.30. The quantitative estimate of drug-likeness (QED) is 0.524. The van der Waals surface area contributed by atoms with E-state index >= 15 is 0 Å². The summed E-state index contributed by atoms with van der Waals surface area (Å²) in [5.41, 5.74) is 4.93. The molecule has 4 aromatic rings. The number of carbonyl (C=O) groups is 1. The molecule has 4 nitrogen and oxygen atoms in total. The van der Waals surface area contributed by atoms with Gasteiger partial charge in [-0.3, -0.25) is 14.3 Å². The van der Waals surface area contributed by atoms with Crippen molar-refractivity contribution in [1.29, 1.82) is 0 Å². The van der Waals surface area contributed by atoms with Crippen LogP contribution in [0.2, 0.25) is 0 Å². The molecule has 0 bridgehead atoms. The number of ether oxygens (including phenoxy) is 1. The van der Waals surface area contributed by atoms with Crippen LogP contribution in [0.1, 0.15) is 11.7 Å². The van der Waals surface area contributed by atoms with Crippen molar-refractivity contribution in [1.82, 2.24) is 9.55 Å². The third kappa shape index (κ3) is 2.75. The lowest BCUT2D eigenvalue weighted by Gasteiger charge is -2.08. The number of methoxy groups -OCH3 is 1. The average Bonchev–Trinajstić information content (AvgIpc) is 3.08. The fourth-order valence-corrected chi connectivity index (χ4v) is 3.22. The van der Waals surface area contributed by atoms with Gasteiger partial charge >= 0.3 is 0 Å². The molecule has 0 unspecified atom stereocenters. The van der Waals surface area contributed by atoms with Crippen LogP contribution < -0.4 is 4.74 Å². The largest absolute Gasteiger partial charge is 0.497 e. The first-order chi connectivity index (χ1) is 12.7. The molecule has 4 rings (SSSR count). The van der Waals surface area contributed by atoms with Crippen molar-refractivity contribution in [2.45, 2.75) is 6.92 Å². The Labute approximate surface area is 151 Å². The zero-order valence-corrected chi connectivity index (χ0v) is 14.6. The Morgan fingerprint density at radius 2 is 1.54 bits per heavy atom. The Bertz CT molecular complexity index is 1080. The molecule has 0 spiro atoms. The normalized spacial score (nSPS) is 10.8. The van der Waals surface area contributed by atoms with Crippen molar-refractivity contribution in [2.24, 2.45) is 0 Å². The lowest BCUT2D eigenvalue weighted by molar-refractivity contribution is 0.0943. The molecule has 0 amide bonds. The summed E-state index contributed by atoms with van der Waals surface area (Å²) in [5, 5.41) is 1.00. The summed E-state index contributed by atoms with van der Waals surface area (Å²) in [6.07, 6.45) is 3.47. The van der Waals surface area contributed by atoms with Gasteiger partial charge in [0.25, 0.3) is 0 Å². The lowest BCUT2D eigenvalue weighted by atomic mass is 10.0. The smallest absolute Gasteiger partial charge is 0.228 e. The molecule has 0 aliphatic heterocycles. The highest BCUT2D eigenvalue weighted by atomic mass is 16.5. The standard InChI is InChI=1S/C22H18N2O2/c1-15(25)24-21(13-19-11-12-23-14-22(19)24)18-5-3-16(4-6-18)17-7-9-20(26-2)10-8-17/h3-14H,1-2H3. The summed E-state index contributed by atoms with van der Waals surface area (Å²) in [6.45, 7) is 1.57. The fraction of sp³-hybridized carbons (Fsp3) is 0.0909. The highest BCUT2D eigenvalue weighted by Gasteiger charge is 2.13. The van der Waals surface area contributed by atoms with Gasteiger partial charge in [0.2, 0.25) is 5.91 Å². The van der Waals surface area contributed by atoms with Gasteiger partial charge in [-0.15, -0.1) is 0 Å². The van der Waals surface area contributed by atoms with E-state index in [1.54, 1.807) is 31.0 Å². The number of aromatic nitrogens is 2. The Kier molecular flexibility index (Phi) is 4.01. The summed E-state index contributed by atoms with van der Waals surface area (Å²) in [5.74, 6) is 0.812. The molecule has 26 heavy (non-hydrogen) atoms. The minimum absolute atomic E-state index is 0.0257. The first-order valence-electron chi connectivity index (χ1n) is 8.38. The second kappa shape index (κ2) is 6.48. The minimum Gasteiger partial charge on any atom is -0.497 e. The van der Waals surface area contributed by atoms with E-state index in [0.717, 1.165) is 39.0 Å². The molecule has 0 aliphatic rings. The van der Waals surface area contributed by atoms with Gasteiger partial charge < -0.3 is 4.74 Å². The van der Waals surface area contributed by atoms with Gasteiger partial charge in [0.1, 0.15) is 5.75 Å². The molecule has 2 aromatic heterocycles. The number of hydrogen-bond donors (Lipinski definition) is 0. The first-order valence-corrected chi connectivity index (χ1v) is 8.38. The molecule has 0 fully saturated rings. The van der Waals surface area contributed by atoms with Crippen LogP contribution >= 0.6 is 0 Å². The van der Waals surface area contributed by atoms with Crippen molar-refractivity contribution in [3.05, 3.63) is 73.1 Å².